The van der Waals surface area contributed by atoms with Crippen LogP contribution in [0.1, 0.15) is 31.8 Å². The Labute approximate surface area is 133 Å². The van der Waals surface area contributed by atoms with Gasteiger partial charge in [0.1, 0.15) is 6.61 Å². The van der Waals surface area contributed by atoms with E-state index in [1.54, 1.807) is 6.92 Å². The maximum atomic E-state index is 12.2. The SMILES string of the molecule is CSc1c(C(=O)OCc2ccccc2)ccc(C(=O)O)c1C. The molecule has 114 valence electrons. The molecule has 5 heteroatoms. The van der Waals surface area contributed by atoms with Crippen molar-refractivity contribution in [2.45, 2.75) is 18.4 Å². The molecular weight excluding hydrogens is 300 g/mol. The standard InChI is InChI=1S/C17H16O4S/c1-11-13(16(18)19)8-9-14(15(11)22-2)17(20)21-10-12-6-4-3-5-7-12/h3-9H,10H2,1-2H3,(H,18,19). The third-order valence-corrected chi connectivity index (χ3v) is 4.21. The predicted octanol–water partition coefficient (Wildman–Crippen LogP) is 3.77. The highest BCUT2D eigenvalue weighted by molar-refractivity contribution is 7.98. The topological polar surface area (TPSA) is 63.6 Å². The summed E-state index contributed by atoms with van der Waals surface area (Å²) in [6.45, 7) is 1.89. The molecule has 0 heterocycles. The number of aromatic carboxylic acids is 1. The molecule has 1 N–H and O–H groups in total. The molecule has 0 bridgehead atoms. The van der Waals surface area contributed by atoms with E-state index in [0.717, 1.165) is 5.56 Å². The first kappa shape index (κ1) is 16.1. The maximum absolute atomic E-state index is 12.2. The first-order chi connectivity index (χ1) is 10.5. The fourth-order valence-corrected chi connectivity index (χ4v) is 2.94. The van der Waals surface area contributed by atoms with E-state index < -0.39 is 11.9 Å². The van der Waals surface area contributed by atoms with Crippen molar-refractivity contribution in [3.05, 3.63) is 64.7 Å². The second-order valence-corrected chi connectivity index (χ2v) is 5.50. The van der Waals surface area contributed by atoms with Crippen LogP contribution in [0.15, 0.2) is 47.4 Å². The maximum Gasteiger partial charge on any atom is 0.339 e. The Morgan fingerprint density at radius 3 is 2.32 bits per heavy atom. The zero-order valence-corrected chi connectivity index (χ0v) is 13.1. The first-order valence-corrected chi connectivity index (χ1v) is 7.89. The molecule has 0 aliphatic heterocycles. The van der Waals surface area contributed by atoms with Gasteiger partial charge < -0.3 is 9.84 Å². The zero-order chi connectivity index (χ0) is 16.1. The van der Waals surface area contributed by atoms with Gasteiger partial charge in [-0.1, -0.05) is 30.3 Å². The minimum Gasteiger partial charge on any atom is -0.478 e. The van der Waals surface area contributed by atoms with E-state index in [1.165, 1.54) is 23.9 Å². The second kappa shape index (κ2) is 7.13. The Morgan fingerprint density at radius 2 is 1.73 bits per heavy atom. The first-order valence-electron chi connectivity index (χ1n) is 6.66. The number of rotatable bonds is 5. The molecule has 0 saturated heterocycles. The molecule has 0 amide bonds. The number of carboxylic acid groups (broad SMARTS) is 1. The van der Waals surface area contributed by atoms with Gasteiger partial charge in [-0.2, -0.15) is 0 Å². The summed E-state index contributed by atoms with van der Waals surface area (Å²) in [5.74, 6) is -1.45. The Balaban J connectivity index is 2.22. The van der Waals surface area contributed by atoms with Crippen LogP contribution in [0.2, 0.25) is 0 Å². The Kier molecular flexibility index (Phi) is 5.22. The molecule has 4 nitrogen and oxygen atoms in total. The van der Waals surface area contributed by atoms with E-state index in [0.29, 0.717) is 16.0 Å². The zero-order valence-electron chi connectivity index (χ0n) is 12.3. The van der Waals surface area contributed by atoms with E-state index in [4.69, 9.17) is 9.84 Å². The summed E-state index contributed by atoms with van der Waals surface area (Å²) in [7, 11) is 0. The number of carbonyl (C=O) groups is 2. The summed E-state index contributed by atoms with van der Waals surface area (Å²) >= 11 is 1.34. The molecule has 0 spiro atoms. The predicted molar refractivity (Wildman–Crippen MR) is 85.5 cm³/mol. The molecule has 0 radical (unpaired) electrons. The molecule has 0 saturated carbocycles. The smallest absolute Gasteiger partial charge is 0.339 e. The van der Waals surface area contributed by atoms with Crippen molar-refractivity contribution in [3.63, 3.8) is 0 Å². The molecule has 22 heavy (non-hydrogen) atoms. The minimum atomic E-state index is -1.00. The fraction of sp³-hybridized carbons (Fsp3) is 0.176. The van der Waals surface area contributed by atoms with Gasteiger partial charge in [-0.3, -0.25) is 0 Å². The molecule has 0 aromatic heterocycles. The van der Waals surface area contributed by atoms with E-state index >= 15 is 0 Å². The van der Waals surface area contributed by atoms with Crippen LogP contribution in [0.3, 0.4) is 0 Å². The van der Waals surface area contributed by atoms with Crippen molar-refractivity contribution >= 4 is 23.7 Å². The highest BCUT2D eigenvalue weighted by atomic mass is 32.2. The number of hydrogen-bond donors (Lipinski definition) is 1. The molecular formula is C17H16O4S. The summed E-state index contributed by atoms with van der Waals surface area (Å²) in [6, 6.07) is 12.4. The molecule has 2 aromatic rings. The van der Waals surface area contributed by atoms with E-state index in [2.05, 4.69) is 0 Å². The molecule has 0 atom stereocenters. The Hall–Kier alpha value is -2.27. The number of hydrogen-bond acceptors (Lipinski definition) is 4. The third-order valence-electron chi connectivity index (χ3n) is 3.27. The van der Waals surface area contributed by atoms with Gasteiger partial charge in [0.25, 0.3) is 0 Å². The Bertz CT molecular complexity index is 695. The van der Waals surface area contributed by atoms with E-state index in [9.17, 15) is 9.59 Å². The quantitative estimate of drug-likeness (QED) is 0.672. The van der Waals surface area contributed by atoms with Gasteiger partial charge in [0.2, 0.25) is 0 Å². The average Bonchev–Trinajstić information content (AvgIpc) is 2.52. The summed E-state index contributed by atoms with van der Waals surface area (Å²) in [6.07, 6.45) is 1.81. The van der Waals surface area contributed by atoms with Crippen LogP contribution in [-0.2, 0) is 11.3 Å². The summed E-state index contributed by atoms with van der Waals surface area (Å²) in [4.78, 5) is 24.0. The van der Waals surface area contributed by atoms with Crippen LogP contribution in [0.25, 0.3) is 0 Å². The monoisotopic (exact) mass is 316 g/mol. The third kappa shape index (κ3) is 3.49. The summed E-state index contributed by atoms with van der Waals surface area (Å²) in [5.41, 5.74) is 2.07. The van der Waals surface area contributed by atoms with Crippen LogP contribution in [0, 0.1) is 6.92 Å². The Morgan fingerprint density at radius 1 is 1.09 bits per heavy atom. The van der Waals surface area contributed by atoms with Crippen LogP contribution in [0.4, 0.5) is 0 Å². The summed E-state index contributed by atoms with van der Waals surface area (Å²) in [5, 5.41) is 9.14. The second-order valence-electron chi connectivity index (χ2n) is 4.69. The van der Waals surface area contributed by atoms with Crippen LogP contribution in [-0.4, -0.2) is 23.3 Å². The van der Waals surface area contributed by atoms with Gasteiger partial charge in [0, 0.05) is 4.90 Å². The van der Waals surface area contributed by atoms with Gasteiger partial charge in [-0.05, 0) is 36.4 Å². The van der Waals surface area contributed by atoms with Crippen LogP contribution >= 0.6 is 11.8 Å². The van der Waals surface area contributed by atoms with Gasteiger partial charge in [0.15, 0.2) is 0 Å². The van der Waals surface area contributed by atoms with Crippen molar-refractivity contribution in [1.29, 1.82) is 0 Å². The molecule has 0 unspecified atom stereocenters. The summed E-state index contributed by atoms with van der Waals surface area (Å²) < 4.78 is 5.31. The van der Waals surface area contributed by atoms with Crippen LogP contribution < -0.4 is 0 Å². The van der Waals surface area contributed by atoms with Crippen LogP contribution in [0.5, 0.6) is 0 Å². The van der Waals surface area contributed by atoms with E-state index in [-0.39, 0.29) is 12.2 Å². The molecule has 0 fully saturated rings. The number of ether oxygens (including phenoxy) is 1. The van der Waals surface area contributed by atoms with Gasteiger partial charge in [0.05, 0.1) is 11.1 Å². The van der Waals surface area contributed by atoms with Gasteiger partial charge in [-0.15, -0.1) is 11.8 Å². The number of esters is 1. The van der Waals surface area contributed by atoms with Crippen molar-refractivity contribution < 1.29 is 19.4 Å². The molecule has 2 rings (SSSR count). The highest BCUT2D eigenvalue weighted by Gasteiger charge is 2.19. The lowest BCUT2D eigenvalue weighted by atomic mass is 10.0. The van der Waals surface area contributed by atoms with Gasteiger partial charge in [-0.25, -0.2) is 9.59 Å². The minimum absolute atomic E-state index is 0.188. The number of thioether (sulfide) groups is 1. The number of benzene rings is 2. The fourth-order valence-electron chi connectivity index (χ4n) is 2.15. The van der Waals surface area contributed by atoms with Crippen molar-refractivity contribution in [2.24, 2.45) is 0 Å². The lowest BCUT2D eigenvalue weighted by molar-refractivity contribution is 0.0467. The molecule has 0 aliphatic carbocycles. The van der Waals surface area contributed by atoms with Crippen molar-refractivity contribution in [2.75, 3.05) is 6.26 Å². The lowest BCUT2D eigenvalue weighted by Gasteiger charge is -2.12. The highest BCUT2D eigenvalue weighted by Crippen LogP contribution is 2.28. The average molecular weight is 316 g/mol. The van der Waals surface area contributed by atoms with E-state index in [1.807, 2.05) is 36.6 Å². The van der Waals surface area contributed by atoms with Crippen molar-refractivity contribution in [1.82, 2.24) is 0 Å². The largest absolute Gasteiger partial charge is 0.478 e. The molecule has 2 aromatic carbocycles. The van der Waals surface area contributed by atoms with Gasteiger partial charge >= 0.3 is 11.9 Å². The normalized spacial score (nSPS) is 10.3. The van der Waals surface area contributed by atoms with Crippen molar-refractivity contribution in [3.8, 4) is 0 Å². The lowest BCUT2D eigenvalue weighted by Crippen LogP contribution is -2.10. The molecule has 0 aliphatic rings. The number of carboxylic acids is 1. The number of carbonyl (C=O) groups excluding carboxylic acids is 1.